The first-order valence-electron chi connectivity index (χ1n) is 12.1. The number of hydrogen-bond acceptors (Lipinski definition) is 4. The summed E-state index contributed by atoms with van der Waals surface area (Å²) in [6.45, 7) is 4.76. The lowest BCUT2D eigenvalue weighted by atomic mass is 9.67. The Labute approximate surface area is 220 Å². The maximum Gasteiger partial charge on any atom is 0.410 e. The van der Waals surface area contributed by atoms with E-state index in [-0.39, 0.29) is 24.3 Å². The third-order valence-corrected chi connectivity index (χ3v) is 7.76. The number of benzene rings is 2. The molecule has 36 heavy (non-hydrogen) atoms. The van der Waals surface area contributed by atoms with Crippen LogP contribution in [0.5, 0.6) is 0 Å². The van der Waals surface area contributed by atoms with Crippen LogP contribution in [0.1, 0.15) is 56.2 Å². The van der Waals surface area contributed by atoms with E-state index in [1.165, 1.54) is 0 Å². The lowest BCUT2D eigenvalue weighted by Gasteiger charge is -2.52. The second-order valence-electron chi connectivity index (χ2n) is 9.83. The van der Waals surface area contributed by atoms with Gasteiger partial charge in [-0.1, -0.05) is 61.3 Å². The summed E-state index contributed by atoms with van der Waals surface area (Å²) in [5.74, 6) is -1.49. The summed E-state index contributed by atoms with van der Waals surface area (Å²) in [7, 11) is 0. The fraction of sp³-hybridized carbons (Fsp3) is 0.444. The monoisotopic (exact) mass is 532 g/mol. The van der Waals surface area contributed by atoms with Crippen molar-refractivity contribution >= 4 is 41.2 Å². The largest absolute Gasteiger partial charge is 0.481 e. The second-order valence-corrected chi connectivity index (χ2v) is 10.7. The number of hydrogen-bond donors (Lipinski definition) is 1. The minimum absolute atomic E-state index is 0.230. The summed E-state index contributed by atoms with van der Waals surface area (Å²) in [5.41, 5.74) is 0.672. The van der Waals surface area contributed by atoms with Gasteiger partial charge in [0.2, 0.25) is 5.91 Å². The Kier molecular flexibility index (Phi) is 7.81. The molecule has 0 saturated carbocycles. The highest BCUT2D eigenvalue weighted by atomic mass is 35.5. The van der Waals surface area contributed by atoms with E-state index in [1.807, 2.05) is 42.2 Å². The third-order valence-electron chi connectivity index (χ3n) is 7.27. The van der Waals surface area contributed by atoms with E-state index in [9.17, 15) is 19.5 Å². The predicted molar refractivity (Wildman–Crippen MR) is 137 cm³/mol. The molecule has 4 rings (SSSR count). The minimum atomic E-state index is -1.14. The van der Waals surface area contributed by atoms with Crippen LogP contribution in [0.4, 0.5) is 4.79 Å². The van der Waals surface area contributed by atoms with Gasteiger partial charge in [0.05, 0.1) is 24.4 Å². The van der Waals surface area contributed by atoms with Crippen LogP contribution < -0.4 is 0 Å². The Morgan fingerprint density at radius 2 is 1.86 bits per heavy atom. The minimum Gasteiger partial charge on any atom is -0.481 e. The van der Waals surface area contributed by atoms with Crippen LogP contribution in [0.15, 0.2) is 48.5 Å². The molecular weight excluding hydrogens is 503 g/mol. The van der Waals surface area contributed by atoms with Gasteiger partial charge in [-0.3, -0.25) is 9.59 Å². The molecule has 9 heteroatoms. The SMILES string of the molecule is CCC(CN1CCOC1=O)N1C(=O)[C@@](C)(CC(=O)O)C[C@H](c2cccc(Cl)c2)[C@H]1c1ccc(Cl)cc1. The first-order valence-corrected chi connectivity index (χ1v) is 12.9. The van der Waals surface area contributed by atoms with Gasteiger partial charge in [0.25, 0.3) is 0 Å². The van der Waals surface area contributed by atoms with Crippen LogP contribution in [0, 0.1) is 5.41 Å². The highest BCUT2D eigenvalue weighted by molar-refractivity contribution is 6.30. The molecule has 0 aliphatic carbocycles. The number of piperidine rings is 1. The van der Waals surface area contributed by atoms with Crippen molar-refractivity contribution < 1.29 is 24.2 Å². The topological polar surface area (TPSA) is 87.2 Å². The molecule has 1 unspecified atom stereocenters. The second kappa shape index (κ2) is 10.7. The Morgan fingerprint density at radius 1 is 1.14 bits per heavy atom. The van der Waals surface area contributed by atoms with E-state index in [4.69, 9.17) is 27.9 Å². The molecule has 4 atom stereocenters. The van der Waals surface area contributed by atoms with E-state index < -0.39 is 23.5 Å². The van der Waals surface area contributed by atoms with Crippen LogP contribution >= 0.6 is 23.2 Å². The van der Waals surface area contributed by atoms with Crippen LogP contribution in [0.25, 0.3) is 0 Å². The molecule has 2 heterocycles. The number of carbonyl (C=O) groups excluding carboxylic acids is 2. The zero-order valence-electron chi connectivity index (χ0n) is 20.3. The van der Waals surface area contributed by atoms with Gasteiger partial charge in [-0.25, -0.2) is 4.79 Å². The fourth-order valence-electron chi connectivity index (χ4n) is 5.54. The van der Waals surface area contributed by atoms with E-state index in [2.05, 4.69) is 0 Å². The number of likely N-dealkylation sites (tertiary alicyclic amines) is 1. The Bertz CT molecular complexity index is 1140. The number of nitrogens with zero attached hydrogens (tertiary/aromatic N) is 2. The van der Waals surface area contributed by atoms with Crippen molar-refractivity contribution in [2.75, 3.05) is 19.7 Å². The molecule has 0 bridgehead atoms. The standard InChI is InChI=1S/C27H30Cl2N2O5/c1-3-21(16-30-11-12-36-26(30)35)31-24(17-7-9-19(28)10-8-17)22(18-5-4-6-20(29)13-18)14-27(2,25(31)34)15-23(32)33/h4-10,13,21-22,24H,3,11-12,14-16H2,1-2H3,(H,32,33)/t21?,22-,24-,27-/m1/s1. The lowest BCUT2D eigenvalue weighted by Crippen LogP contribution is -2.58. The Balaban J connectivity index is 1.87. The number of cyclic esters (lactones) is 1. The van der Waals surface area contributed by atoms with E-state index >= 15 is 0 Å². The van der Waals surface area contributed by atoms with E-state index in [0.717, 1.165) is 11.1 Å². The number of halogens is 2. The average molecular weight is 533 g/mol. The normalized spacial score (nSPS) is 25.1. The molecule has 1 N–H and O–H groups in total. The number of aliphatic carboxylic acids is 1. The molecule has 7 nitrogen and oxygen atoms in total. The van der Waals surface area contributed by atoms with Crippen molar-refractivity contribution in [3.63, 3.8) is 0 Å². The molecule has 0 spiro atoms. The molecule has 2 fully saturated rings. The number of ether oxygens (including phenoxy) is 1. The maximum atomic E-state index is 14.2. The molecule has 2 aromatic carbocycles. The molecule has 2 saturated heterocycles. The number of rotatable bonds is 8. The van der Waals surface area contributed by atoms with Gasteiger partial charge in [0, 0.05) is 28.5 Å². The van der Waals surface area contributed by atoms with Crippen molar-refractivity contribution in [1.82, 2.24) is 9.80 Å². The smallest absolute Gasteiger partial charge is 0.410 e. The van der Waals surface area contributed by atoms with Gasteiger partial charge < -0.3 is 19.6 Å². The first kappa shape index (κ1) is 26.3. The Morgan fingerprint density at radius 3 is 2.44 bits per heavy atom. The average Bonchev–Trinajstić information content (AvgIpc) is 3.23. The van der Waals surface area contributed by atoms with E-state index in [1.54, 1.807) is 30.0 Å². The summed E-state index contributed by atoms with van der Waals surface area (Å²) in [4.78, 5) is 41.8. The van der Waals surface area contributed by atoms with Crippen molar-refractivity contribution in [2.24, 2.45) is 5.41 Å². The molecule has 2 aliphatic heterocycles. The number of carboxylic acids is 1. The van der Waals surface area contributed by atoms with Crippen molar-refractivity contribution in [1.29, 1.82) is 0 Å². The third kappa shape index (κ3) is 5.32. The van der Waals surface area contributed by atoms with Crippen molar-refractivity contribution in [3.05, 3.63) is 69.7 Å². The zero-order chi connectivity index (χ0) is 26.0. The highest BCUT2D eigenvalue weighted by Gasteiger charge is 2.52. The molecule has 2 aromatic rings. The predicted octanol–water partition coefficient (Wildman–Crippen LogP) is 5.76. The van der Waals surface area contributed by atoms with Gasteiger partial charge in [0.15, 0.2) is 0 Å². The van der Waals surface area contributed by atoms with Gasteiger partial charge in [0.1, 0.15) is 6.61 Å². The van der Waals surface area contributed by atoms with Gasteiger partial charge >= 0.3 is 12.1 Å². The number of amides is 2. The van der Waals surface area contributed by atoms with Crippen molar-refractivity contribution in [3.8, 4) is 0 Å². The molecular formula is C27H30Cl2N2O5. The lowest BCUT2D eigenvalue weighted by molar-refractivity contribution is -0.161. The maximum absolute atomic E-state index is 14.2. The van der Waals surface area contributed by atoms with Crippen molar-refractivity contribution in [2.45, 2.75) is 51.1 Å². The molecule has 2 amide bonds. The van der Waals surface area contributed by atoms with Gasteiger partial charge in [-0.15, -0.1) is 0 Å². The summed E-state index contributed by atoms with van der Waals surface area (Å²) < 4.78 is 5.12. The molecule has 0 aromatic heterocycles. The number of carbonyl (C=O) groups is 3. The summed E-state index contributed by atoms with van der Waals surface area (Å²) in [6, 6.07) is 14.1. The van der Waals surface area contributed by atoms with E-state index in [0.29, 0.717) is 42.6 Å². The highest BCUT2D eigenvalue weighted by Crippen LogP contribution is 2.52. The van der Waals surface area contributed by atoms with Gasteiger partial charge in [-0.2, -0.15) is 0 Å². The first-order chi connectivity index (χ1) is 17.1. The molecule has 2 aliphatic rings. The van der Waals surface area contributed by atoms with Gasteiger partial charge in [-0.05, 0) is 48.2 Å². The summed E-state index contributed by atoms with van der Waals surface area (Å²) in [6.07, 6.45) is 0.213. The number of carboxylic acid groups (broad SMARTS) is 1. The van der Waals surface area contributed by atoms with Crippen LogP contribution in [0.2, 0.25) is 10.0 Å². The zero-order valence-corrected chi connectivity index (χ0v) is 21.8. The summed E-state index contributed by atoms with van der Waals surface area (Å²) >= 11 is 12.6. The fourth-order valence-corrected chi connectivity index (χ4v) is 5.87. The molecule has 192 valence electrons. The quantitative estimate of drug-likeness (QED) is 0.466. The van der Waals surface area contributed by atoms with Crippen LogP contribution in [0.3, 0.4) is 0 Å². The Hall–Kier alpha value is -2.77. The molecule has 0 radical (unpaired) electrons. The summed E-state index contributed by atoms with van der Waals surface area (Å²) in [5, 5.41) is 10.9. The van der Waals surface area contributed by atoms with Crippen LogP contribution in [-0.4, -0.2) is 58.6 Å². The van der Waals surface area contributed by atoms with Crippen LogP contribution in [-0.2, 0) is 14.3 Å².